The van der Waals surface area contributed by atoms with Gasteiger partial charge in [-0.15, -0.1) is 6.58 Å². The van der Waals surface area contributed by atoms with Gasteiger partial charge in [0.05, 0.1) is 31.7 Å². The van der Waals surface area contributed by atoms with Gasteiger partial charge in [-0.25, -0.2) is 4.79 Å². The SMILES string of the molecule is C=CCOCC(COCCCNCCCCCCCCCCCO)(COC(=O)C=C)COC(=O)CCNCCCCCCCCCCC(=O)O. The lowest BCUT2D eigenvalue weighted by Crippen LogP contribution is -2.43. The van der Waals surface area contributed by atoms with Crippen LogP contribution in [0.3, 0.4) is 0 Å². The highest BCUT2D eigenvalue weighted by Gasteiger charge is 2.35. The maximum Gasteiger partial charge on any atom is 0.330 e. The van der Waals surface area contributed by atoms with Crippen molar-refractivity contribution in [1.29, 1.82) is 0 Å². The summed E-state index contributed by atoms with van der Waals surface area (Å²) in [6, 6.07) is 0. The van der Waals surface area contributed by atoms with Gasteiger partial charge >= 0.3 is 17.9 Å². The molecule has 1 unspecified atom stereocenters. The van der Waals surface area contributed by atoms with Gasteiger partial charge in [-0.2, -0.15) is 0 Å². The first kappa shape index (κ1) is 47.7. The molecular formula is C39H72N2O9. The molecule has 0 aliphatic rings. The highest BCUT2D eigenvalue weighted by atomic mass is 16.6. The number of aliphatic hydroxyl groups is 1. The van der Waals surface area contributed by atoms with E-state index in [0.717, 1.165) is 103 Å². The van der Waals surface area contributed by atoms with Crippen molar-refractivity contribution in [3.05, 3.63) is 25.3 Å². The summed E-state index contributed by atoms with van der Waals surface area (Å²) in [7, 11) is 0. The lowest BCUT2D eigenvalue weighted by molar-refractivity contribution is -0.159. The van der Waals surface area contributed by atoms with Crippen LogP contribution >= 0.6 is 0 Å². The second-order valence-electron chi connectivity index (χ2n) is 13.3. The van der Waals surface area contributed by atoms with E-state index < -0.39 is 17.4 Å². The normalized spacial score (nSPS) is 12.3. The van der Waals surface area contributed by atoms with Gasteiger partial charge in [0.15, 0.2) is 0 Å². The van der Waals surface area contributed by atoms with Crippen LogP contribution in [0.4, 0.5) is 0 Å². The lowest BCUT2D eigenvalue weighted by Gasteiger charge is -2.32. The summed E-state index contributed by atoms with van der Waals surface area (Å²) in [6.07, 6.45) is 23.2. The van der Waals surface area contributed by atoms with Gasteiger partial charge in [0.25, 0.3) is 0 Å². The van der Waals surface area contributed by atoms with E-state index in [2.05, 4.69) is 23.8 Å². The van der Waals surface area contributed by atoms with Crippen LogP contribution in [0.5, 0.6) is 0 Å². The number of unbranched alkanes of at least 4 members (excludes halogenated alkanes) is 15. The predicted octanol–water partition coefficient (Wildman–Crippen LogP) is 6.52. The summed E-state index contributed by atoms with van der Waals surface area (Å²) < 4.78 is 22.8. The first-order valence-electron chi connectivity index (χ1n) is 19.3. The number of rotatable bonds is 40. The minimum atomic E-state index is -0.868. The van der Waals surface area contributed by atoms with E-state index in [0.29, 0.717) is 26.4 Å². The molecule has 4 N–H and O–H groups in total. The fraction of sp³-hybridized carbons (Fsp3) is 0.821. The van der Waals surface area contributed by atoms with E-state index in [9.17, 15) is 14.4 Å². The fourth-order valence-electron chi connectivity index (χ4n) is 5.41. The number of carbonyl (C=O) groups is 3. The van der Waals surface area contributed by atoms with Crippen molar-refractivity contribution in [3.8, 4) is 0 Å². The number of carbonyl (C=O) groups excluding carboxylic acids is 2. The number of aliphatic carboxylic acids is 1. The van der Waals surface area contributed by atoms with Gasteiger partial charge in [0, 0.05) is 32.3 Å². The molecule has 0 aromatic rings. The minimum Gasteiger partial charge on any atom is -0.481 e. The molecule has 11 nitrogen and oxygen atoms in total. The number of nitrogens with one attached hydrogen (secondary N) is 2. The molecule has 0 radical (unpaired) electrons. The Morgan fingerprint density at radius 1 is 0.580 bits per heavy atom. The smallest absolute Gasteiger partial charge is 0.330 e. The van der Waals surface area contributed by atoms with Crippen LogP contribution < -0.4 is 10.6 Å². The maximum atomic E-state index is 12.6. The van der Waals surface area contributed by atoms with Gasteiger partial charge in [0.1, 0.15) is 13.2 Å². The topological polar surface area (TPSA) is 153 Å². The van der Waals surface area contributed by atoms with Gasteiger partial charge in [-0.05, 0) is 51.7 Å². The van der Waals surface area contributed by atoms with Gasteiger partial charge in [-0.3, -0.25) is 9.59 Å². The van der Waals surface area contributed by atoms with Gasteiger partial charge in [-0.1, -0.05) is 96.1 Å². The molecule has 0 aliphatic carbocycles. The Morgan fingerprint density at radius 2 is 1.08 bits per heavy atom. The number of ether oxygens (including phenoxy) is 4. The highest BCUT2D eigenvalue weighted by molar-refractivity contribution is 5.81. The average Bonchev–Trinajstić information content (AvgIpc) is 3.11. The van der Waals surface area contributed by atoms with Crippen molar-refractivity contribution in [2.75, 3.05) is 72.4 Å². The van der Waals surface area contributed by atoms with Crippen LogP contribution in [0.25, 0.3) is 0 Å². The second-order valence-corrected chi connectivity index (χ2v) is 13.3. The van der Waals surface area contributed by atoms with Crippen molar-refractivity contribution < 1.29 is 43.5 Å². The van der Waals surface area contributed by atoms with E-state index >= 15 is 0 Å². The summed E-state index contributed by atoms with van der Waals surface area (Å²) in [5, 5.41) is 24.3. The van der Waals surface area contributed by atoms with Crippen LogP contribution in [-0.4, -0.2) is 101 Å². The standard InChI is InChI=1S/C39H72N2O9/c1-3-30-47-32-39(34-49-37(45)4-2,33-48-31-22-27-40-25-19-15-11-7-5-9-13-17-21-29-42)35-50-38(46)24-28-41-26-20-16-12-8-6-10-14-18-23-36(43)44/h3-4,40-42H,1-2,5-35H2,(H,43,44). The molecule has 11 heteroatoms. The Morgan fingerprint density at radius 3 is 1.64 bits per heavy atom. The van der Waals surface area contributed by atoms with Crippen LogP contribution in [0.15, 0.2) is 25.3 Å². The molecular weight excluding hydrogens is 640 g/mol. The predicted molar refractivity (Wildman–Crippen MR) is 199 cm³/mol. The first-order chi connectivity index (χ1) is 24.4. The molecule has 50 heavy (non-hydrogen) atoms. The molecule has 0 saturated carbocycles. The average molecular weight is 713 g/mol. The van der Waals surface area contributed by atoms with Crippen molar-refractivity contribution in [2.24, 2.45) is 5.41 Å². The number of hydrogen-bond donors (Lipinski definition) is 4. The van der Waals surface area contributed by atoms with Gasteiger partial charge < -0.3 is 39.8 Å². The molecule has 0 amide bonds. The summed E-state index contributed by atoms with van der Waals surface area (Å²) in [5.41, 5.74) is -0.868. The van der Waals surface area contributed by atoms with Crippen molar-refractivity contribution >= 4 is 17.9 Å². The third kappa shape index (κ3) is 32.9. The maximum absolute atomic E-state index is 12.6. The zero-order valence-corrected chi connectivity index (χ0v) is 31.2. The molecule has 0 spiro atoms. The number of hydrogen-bond acceptors (Lipinski definition) is 10. The number of aliphatic hydroxyl groups excluding tert-OH is 1. The van der Waals surface area contributed by atoms with Crippen LogP contribution in [0.1, 0.15) is 128 Å². The fourth-order valence-corrected chi connectivity index (χ4v) is 5.41. The molecule has 0 heterocycles. The van der Waals surface area contributed by atoms with Crippen molar-refractivity contribution in [3.63, 3.8) is 0 Å². The molecule has 292 valence electrons. The molecule has 0 saturated heterocycles. The van der Waals surface area contributed by atoms with Crippen molar-refractivity contribution in [2.45, 2.75) is 128 Å². The molecule has 0 aromatic heterocycles. The molecule has 0 aliphatic heterocycles. The first-order valence-corrected chi connectivity index (χ1v) is 19.3. The van der Waals surface area contributed by atoms with Crippen LogP contribution in [-0.2, 0) is 33.3 Å². The molecule has 1 atom stereocenters. The van der Waals surface area contributed by atoms with Crippen LogP contribution in [0, 0.1) is 5.41 Å². The zero-order valence-electron chi connectivity index (χ0n) is 31.2. The van der Waals surface area contributed by atoms with Crippen LogP contribution in [0.2, 0.25) is 0 Å². The number of carboxylic acids is 1. The Hall–Kier alpha value is -2.31. The van der Waals surface area contributed by atoms with E-state index in [1.54, 1.807) is 6.08 Å². The molecule has 0 rings (SSSR count). The monoisotopic (exact) mass is 713 g/mol. The van der Waals surface area contributed by atoms with E-state index in [1.807, 2.05) is 0 Å². The minimum absolute atomic E-state index is 0.00931. The Balaban J connectivity index is 4.35. The van der Waals surface area contributed by atoms with Gasteiger partial charge in [0.2, 0.25) is 0 Å². The highest BCUT2D eigenvalue weighted by Crippen LogP contribution is 2.22. The molecule has 0 bridgehead atoms. The summed E-state index contributed by atoms with van der Waals surface area (Å²) in [4.78, 5) is 35.1. The lowest BCUT2D eigenvalue weighted by atomic mass is 9.92. The molecule has 0 aromatic carbocycles. The zero-order chi connectivity index (χ0) is 36.8. The third-order valence-corrected chi connectivity index (χ3v) is 8.43. The third-order valence-electron chi connectivity index (χ3n) is 8.43. The number of carboxylic acid groups (broad SMARTS) is 1. The summed E-state index contributed by atoms with van der Waals surface area (Å²) >= 11 is 0. The van der Waals surface area contributed by atoms with E-state index in [-0.39, 0.29) is 45.2 Å². The van der Waals surface area contributed by atoms with Crippen molar-refractivity contribution in [1.82, 2.24) is 10.6 Å². The Bertz CT molecular complexity index is 842. The largest absolute Gasteiger partial charge is 0.481 e. The molecule has 0 fully saturated rings. The number of esters is 2. The quantitative estimate of drug-likeness (QED) is 0.0238. The summed E-state index contributed by atoms with van der Waals surface area (Å²) in [6.45, 7) is 11.8. The van der Waals surface area contributed by atoms with E-state index in [1.165, 1.54) is 38.5 Å². The Labute approximate surface area is 303 Å². The Kier molecular flexibility index (Phi) is 34.8. The second kappa shape index (κ2) is 36.5. The summed E-state index contributed by atoms with van der Waals surface area (Å²) in [5.74, 6) is -1.62. The van der Waals surface area contributed by atoms with E-state index in [4.69, 9.17) is 29.2 Å².